The van der Waals surface area contributed by atoms with E-state index < -0.39 is 0 Å². The van der Waals surface area contributed by atoms with Gasteiger partial charge in [-0.1, -0.05) is 0 Å². The number of fused-ring (bicyclic) bond motifs is 1. The minimum atomic E-state index is 0.0990. The Kier molecular flexibility index (Phi) is 3.70. The summed E-state index contributed by atoms with van der Waals surface area (Å²) in [6.07, 6.45) is 7.69. The third kappa shape index (κ3) is 2.67. The molecule has 3 aliphatic rings. The molecule has 0 aliphatic carbocycles. The van der Waals surface area contributed by atoms with E-state index in [1.165, 1.54) is 0 Å². The van der Waals surface area contributed by atoms with Crippen molar-refractivity contribution in [3.63, 3.8) is 0 Å². The van der Waals surface area contributed by atoms with Crippen molar-refractivity contribution in [2.75, 3.05) is 31.1 Å². The van der Waals surface area contributed by atoms with Crippen LogP contribution in [0.5, 0.6) is 0 Å². The summed E-state index contributed by atoms with van der Waals surface area (Å²) in [6, 6.07) is 1.83. The fourth-order valence-corrected chi connectivity index (χ4v) is 3.90. The highest BCUT2D eigenvalue weighted by molar-refractivity contribution is 5.77. The fraction of sp³-hybridized carbons (Fsp3) is 0.688. The lowest BCUT2D eigenvalue weighted by molar-refractivity contribution is -0.132. The number of hydrogen-bond donors (Lipinski definition) is 0. The zero-order valence-corrected chi connectivity index (χ0v) is 12.7. The van der Waals surface area contributed by atoms with Crippen molar-refractivity contribution in [1.29, 1.82) is 0 Å². The van der Waals surface area contributed by atoms with Gasteiger partial charge in [0.2, 0.25) is 11.9 Å². The Morgan fingerprint density at radius 2 is 2.00 bits per heavy atom. The number of ether oxygens (including phenoxy) is 1. The SMILES string of the molecule is O=C(C[C@@H]1C[C@H]2CN(c3ncccn3)C[C@H]2O1)N1CCCC1. The number of carbonyl (C=O) groups is 1. The average molecular weight is 302 g/mol. The highest BCUT2D eigenvalue weighted by Gasteiger charge is 2.43. The van der Waals surface area contributed by atoms with E-state index in [0.717, 1.165) is 51.4 Å². The number of nitrogens with zero attached hydrogens (tertiary/aromatic N) is 4. The maximum Gasteiger partial charge on any atom is 0.225 e. The van der Waals surface area contributed by atoms with Gasteiger partial charge in [-0.25, -0.2) is 9.97 Å². The number of hydrogen-bond acceptors (Lipinski definition) is 5. The Labute approximate surface area is 130 Å². The van der Waals surface area contributed by atoms with Crippen molar-refractivity contribution in [3.05, 3.63) is 18.5 Å². The van der Waals surface area contributed by atoms with Crippen molar-refractivity contribution < 1.29 is 9.53 Å². The van der Waals surface area contributed by atoms with Gasteiger partial charge in [-0.15, -0.1) is 0 Å². The van der Waals surface area contributed by atoms with Crippen LogP contribution in [0.3, 0.4) is 0 Å². The lowest BCUT2D eigenvalue weighted by atomic mass is 10.0. The van der Waals surface area contributed by atoms with E-state index in [0.29, 0.717) is 12.3 Å². The van der Waals surface area contributed by atoms with Crippen molar-refractivity contribution in [2.24, 2.45) is 5.92 Å². The highest BCUT2D eigenvalue weighted by Crippen LogP contribution is 2.35. The third-order valence-corrected chi connectivity index (χ3v) is 5.01. The summed E-state index contributed by atoms with van der Waals surface area (Å²) in [5.74, 6) is 1.55. The Morgan fingerprint density at radius 3 is 2.73 bits per heavy atom. The van der Waals surface area contributed by atoms with Crippen molar-refractivity contribution in [1.82, 2.24) is 14.9 Å². The van der Waals surface area contributed by atoms with Gasteiger partial charge >= 0.3 is 0 Å². The molecule has 3 saturated heterocycles. The van der Waals surface area contributed by atoms with Crippen molar-refractivity contribution in [2.45, 2.75) is 37.9 Å². The van der Waals surface area contributed by atoms with Crippen LogP contribution in [0.15, 0.2) is 18.5 Å². The van der Waals surface area contributed by atoms with Crippen LogP contribution in [0.25, 0.3) is 0 Å². The third-order valence-electron chi connectivity index (χ3n) is 5.01. The number of amides is 1. The van der Waals surface area contributed by atoms with Gasteiger partial charge in [0.1, 0.15) is 0 Å². The van der Waals surface area contributed by atoms with E-state index >= 15 is 0 Å². The maximum absolute atomic E-state index is 12.2. The molecule has 6 nitrogen and oxygen atoms in total. The molecule has 118 valence electrons. The summed E-state index contributed by atoms with van der Waals surface area (Å²) >= 11 is 0. The molecule has 0 radical (unpaired) electrons. The first kappa shape index (κ1) is 13.9. The van der Waals surface area contributed by atoms with Crippen LogP contribution in [0, 0.1) is 5.92 Å². The minimum absolute atomic E-state index is 0.0990. The number of rotatable bonds is 3. The van der Waals surface area contributed by atoms with Gasteiger partial charge in [-0.05, 0) is 25.3 Å². The molecule has 6 heteroatoms. The molecule has 22 heavy (non-hydrogen) atoms. The van der Waals surface area contributed by atoms with Crippen LogP contribution >= 0.6 is 0 Å². The normalized spacial score (nSPS) is 30.8. The number of anilines is 1. The Hall–Kier alpha value is -1.69. The molecule has 1 amide bonds. The predicted molar refractivity (Wildman–Crippen MR) is 81.4 cm³/mol. The summed E-state index contributed by atoms with van der Waals surface area (Å²) < 4.78 is 6.12. The molecule has 0 bridgehead atoms. The first-order valence-corrected chi connectivity index (χ1v) is 8.25. The van der Waals surface area contributed by atoms with Crippen LogP contribution in [0.2, 0.25) is 0 Å². The Balaban J connectivity index is 1.31. The molecule has 3 atom stereocenters. The second kappa shape index (κ2) is 5.83. The van der Waals surface area contributed by atoms with Crippen molar-refractivity contribution >= 4 is 11.9 Å². The molecule has 3 aliphatic heterocycles. The molecule has 0 unspecified atom stereocenters. The van der Waals surface area contributed by atoms with Crippen LogP contribution in [0.1, 0.15) is 25.7 Å². The van der Waals surface area contributed by atoms with E-state index in [1.54, 1.807) is 12.4 Å². The monoisotopic (exact) mass is 302 g/mol. The quantitative estimate of drug-likeness (QED) is 0.836. The fourth-order valence-electron chi connectivity index (χ4n) is 3.90. The van der Waals surface area contributed by atoms with Gasteiger partial charge in [0.15, 0.2) is 0 Å². The molecular formula is C16H22N4O2. The van der Waals surface area contributed by atoms with Gasteiger partial charge in [-0.2, -0.15) is 0 Å². The topological polar surface area (TPSA) is 58.6 Å². The second-order valence-corrected chi connectivity index (χ2v) is 6.54. The Bertz CT molecular complexity index is 518. The van der Waals surface area contributed by atoms with E-state index in [9.17, 15) is 4.79 Å². The molecule has 3 fully saturated rings. The second-order valence-electron chi connectivity index (χ2n) is 6.54. The summed E-state index contributed by atoms with van der Waals surface area (Å²) in [4.78, 5) is 25.0. The standard InChI is InChI=1S/C16H22N4O2/c21-15(19-6-1-2-7-19)9-13-8-12-10-20(11-14(12)22-13)16-17-4-3-5-18-16/h3-5,12-14H,1-2,6-11H2/t12-,13-,14+/m0/s1. The van der Waals surface area contributed by atoms with Gasteiger partial charge in [-0.3, -0.25) is 4.79 Å². The van der Waals surface area contributed by atoms with E-state index in [2.05, 4.69) is 14.9 Å². The molecule has 0 aromatic carbocycles. The molecule has 0 spiro atoms. The number of aromatic nitrogens is 2. The first-order valence-electron chi connectivity index (χ1n) is 8.25. The summed E-state index contributed by atoms with van der Waals surface area (Å²) in [5, 5.41) is 0. The summed E-state index contributed by atoms with van der Waals surface area (Å²) in [5.41, 5.74) is 0. The number of carbonyl (C=O) groups excluding carboxylic acids is 1. The maximum atomic E-state index is 12.2. The first-order chi connectivity index (χ1) is 10.8. The largest absolute Gasteiger partial charge is 0.372 e. The van der Waals surface area contributed by atoms with Gasteiger partial charge in [0.25, 0.3) is 0 Å². The number of likely N-dealkylation sites (tertiary alicyclic amines) is 1. The van der Waals surface area contributed by atoms with Crippen LogP contribution in [0.4, 0.5) is 5.95 Å². The molecule has 1 aromatic rings. The Morgan fingerprint density at radius 1 is 1.23 bits per heavy atom. The summed E-state index contributed by atoms with van der Waals surface area (Å²) in [7, 11) is 0. The van der Waals surface area contributed by atoms with E-state index in [1.807, 2.05) is 11.0 Å². The van der Waals surface area contributed by atoms with Crippen LogP contribution < -0.4 is 4.90 Å². The van der Waals surface area contributed by atoms with Crippen molar-refractivity contribution in [3.8, 4) is 0 Å². The summed E-state index contributed by atoms with van der Waals surface area (Å²) in [6.45, 7) is 3.63. The molecule has 0 saturated carbocycles. The predicted octanol–water partition coefficient (Wildman–Crippen LogP) is 1.08. The lowest BCUT2D eigenvalue weighted by Crippen LogP contribution is -2.32. The zero-order valence-electron chi connectivity index (χ0n) is 12.7. The van der Waals surface area contributed by atoms with E-state index in [-0.39, 0.29) is 18.1 Å². The molecule has 4 heterocycles. The van der Waals surface area contributed by atoms with Crippen LogP contribution in [-0.4, -0.2) is 59.2 Å². The molecular weight excluding hydrogens is 280 g/mol. The molecule has 1 aromatic heterocycles. The van der Waals surface area contributed by atoms with Gasteiger partial charge in [0.05, 0.1) is 18.6 Å². The molecule has 4 rings (SSSR count). The van der Waals surface area contributed by atoms with E-state index in [4.69, 9.17) is 4.74 Å². The minimum Gasteiger partial charge on any atom is -0.372 e. The van der Waals surface area contributed by atoms with Gasteiger partial charge < -0.3 is 14.5 Å². The van der Waals surface area contributed by atoms with Crippen LogP contribution in [-0.2, 0) is 9.53 Å². The zero-order chi connectivity index (χ0) is 14.9. The average Bonchev–Trinajstić information content (AvgIpc) is 3.23. The lowest BCUT2D eigenvalue weighted by Gasteiger charge is -2.21. The highest BCUT2D eigenvalue weighted by atomic mass is 16.5. The smallest absolute Gasteiger partial charge is 0.225 e. The van der Waals surface area contributed by atoms with Gasteiger partial charge in [0, 0.05) is 44.5 Å². The molecule has 0 N–H and O–H groups in total.